The molecule has 4 N–H and O–H groups in total. The Morgan fingerprint density at radius 3 is 2.94 bits per heavy atom. The molecular formula is C11H17N5. The van der Waals surface area contributed by atoms with Crippen molar-refractivity contribution < 1.29 is 0 Å². The van der Waals surface area contributed by atoms with Gasteiger partial charge in [-0.2, -0.15) is 0 Å². The number of guanidine groups is 1. The predicted molar refractivity (Wildman–Crippen MR) is 63.6 cm³/mol. The van der Waals surface area contributed by atoms with E-state index in [0.717, 1.165) is 11.3 Å². The van der Waals surface area contributed by atoms with E-state index < -0.39 is 0 Å². The minimum atomic E-state index is 0.547. The highest BCUT2D eigenvalue weighted by molar-refractivity contribution is 5.79. The fraction of sp³-hybridized carbons (Fsp3) is 0.455. The van der Waals surface area contributed by atoms with Crippen molar-refractivity contribution in [3.63, 3.8) is 0 Å². The number of nitrogens with two attached hydrogens (primary N) is 1. The number of aliphatic imine (C=N–C) groups is 1. The van der Waals surface area contributed by atoms with Crippen LogP contribution in [0.3, 0.4) is 0 Å². The van der Waals surface area contributed by atoms with Gasteiger partial charge in [-0.1, -0.05) is 6.07 Å². The average molecular weight is 219 g/mol. The lowest BCUT2D eigenvalue weighted by Crippen LogP contribution is -2.42. The maximum Gasteiger partial charge on any atom is 0.206 e. The molecule has 1 aromatic heterocycles. The summed E-state index contributed by atoms with van der Waals surface area (Å²) >= 11 is 0. The van der Waals surface area contributed by atoms with Crippen LogP contribution in [0.5, 0.6) is 0 Å². The van der Waals surface area contributed by atoms with Crippen molar-refractivity contribution in [3.8, 4) is 0 Å². The molecule has 0 atom stereocenters. The Bertz CT molecular complexity index is 366. The van der Waals surface area contributed by atoms with E-state index in [1.54, 1.807) is 0 Å². The maximum atomic E-state index is 5.38. The second-order valence-electron chi connectivity index (χ2n) is 4.04. The third-order valence-corrected chi connectivity index (χ3v) is 2.45. The van der Waals surface area contributed by atoms with Crippen LogP contribution >= 0.6 is 0 Å². The van der Waals surface area contributed by atoms with Gasteiger partial charge >= 0.3 is 0 Å². The summed E-state index contributed by atoms with van der Waals surface area (Å²) < 4.78 is 0. The Hall–Kier alpha value is -1.62. The zero-order valence-electron chi connectivity index (χ0n) is 9.40. The number of hydrogen-bond donors (Lipinski definition) is 3. The highest BCUT2D eigenvalue weighted by Gasteiger charge is 2.21. The van der Waals surface area contributed by atoms with Gasteiger partial charge in [0, 0.05) is 17.9 Å². The van der Waals surface area contributed by atoms with Gasteiger partial charge in [-0.05, 0) is 31.4 Å². The van der Waals surface area contributed by atoms with E-state index in [0.29, 0.717) is 18.5 Å². The van der Waals surface area contributed by atoms with Crippen LogP contribution in [-0.4, -0.2) is 17.0 Å². The molecule has 5 heteroatoms. The summed E-state index contributed by atoms with van der Waals surface area (Å²) in [6.45, 7) is 2.56. The first-order valence-electron chi connectivity index (χ1n) is 5.47. The lowest BCUT2D eigenvalue weighted by molar-refractivity contribution is 0.820. The smallest absolute Gasteiger partial charge is 0.206 e. The van der Waals surface area contributed by atoms with Crippen molar-refractivity contribution >= 4 is 5.96 Å². The number of hydrogen-bond acceptors (Lipinski definition) is 3. The summed E-state index contributed by atoms with van der Waals surface area (Å²) in [6.07, 6.45) is 4.24. The van der Waals surface area contributed by atoms with E-state index in [-0.39, 0.29) is 0 Å². The Morgan fingerprint density at radius 2 is 2.38 bits per heavy atom. The molecule has 1 saturated carbocycles. The van der Waals surface area contributed by atoms with E-state index in [1.165, 1.54) is 12.8 Å². The predicted octanol–water partition coefficient (Wildman–Crippen LogP) is 0.461. The maximum absolute atomic E-state index is 5.38. The van der Waals surface area contributed by atoms with Crippen molar-refractivity contribution in [1.82, 2.24) is 15.7 Å². The van der Waals surface area contributed by atoms with Gasteiger partial charge in [-0.25, -0.2) is 10.8 Å². The topological polar surface area (TPSA) is 75.3 Å². The van der Waals surface area contributed by atoms with Crippen LogP contribution in [0.1, 0.15) is 24.1 Å². The number of nitrogens with one attached hydrogen (secondary N) is 2. The fourth-order valence-electron chi connectivity index (χ4n) is 1.32. The summed E-state index contributed by atoms with van der Waals surface area (Å²) in [7, 11) is 0. The van der Waals surface area contributed by atoms with Crippen LogP contribution in [0, 0.1) is 6.92 Å². The normalized spacial score (nSPS) is 16.0. The Balaban J connectivity index is 1.91. The zero-order valence-corrected chi connectivity index (χ0v) is 9.40. The van der Waals surface area contributed by atoms with Crippen LogP contribution in [0.4, 0.5) is 0 Å². The van der Waals surface area contributed by atoms with Crippen LogP contribution in [-0.2, 0) is 6.54 Å². The molecule has 1 aliphatic rings. The Labute approximate surface area is 95.1 Å². The summed E-state index contributed by atoms with van der Waals surface area (Å²) in [4.78, 5) is 8.57. The van der Waals surface area contributed by atoms with Crippen molar-refractivity contribution in [2.75, 3.05) is 0 Å². The average Bonchev–Trinajstić information content (AvgIpc) is 3.10. The fourth-order valence-corrected chi connectivity index (χ4v) is 1.32. The molecule has 0 spiro atoms. The molecule has 1 heterocycles. The number of rotatable bonds is 3. The molecule has 0 unspecified atom stereocenters. The Morgan fingerprint density at radius 1 is 1.56 bits per heavy atom. The van der Waals surface area contributed by atoms with Gasteiger partial charge in [-0.15, -0.1) is 0 Å². The standard InChI is InChI=1S/C11H17N5/c1-8-2-3-9(6-13-8)7-14-11(16-12)15-10-4-5-10/h2-3,6,10H,4-5,7,12H2,1H3,(H2,14,15,16). The molecule has 1 fully saturated rings. The molecule has 0 radical (unpaired) electrons. The van der Waals surface area contributed by atoms with E-state index >= 15 is 0 Å². The third-order valence-electron chi connectivity index (χ3n) is 2.45. The number of nitrogens with zero attached hydrogens (tertiary/aromatic N) is 2. The molecular weight excluding hydrogens is 202 g/mol. The van der Waals surface area contributed by atoms with Gasteiger partial charge < -0.3 is 5.32 Å². The number of aromatic nitrogens is 1. The molecule has 5 nitrogen and oxygen atoms in total. The summed E-state index contributed by atoms with van der Waals surface area (Å²) in [6, 6.07) is 4.55. The van der Waals surface area contributed by atoms with Crippen LogP contribution in [0.25, 0.3) is 0 Å². The van der Waals surface area contributed by atoms with Gasteiger partial charge in [0.2, 0.25) is 5.96 Å². The largest absolute Gasteiger partial charge is 0.353 e. The molecule has 86 valence electrons. The van der Waals surface area contributed by atoms with Crippen molar-refractivity contribution in [2.24, 2.45) is 10.8 Å². The monoisotopic (exact) mass is 219 g/mol. The van der Waals surface area contributed by atoms with Gasteiger partial charge in [0.25, 0.3) is 0 Å². The zero-order chi connectivity index (χ0) is 11.4. The van der Waals surface area contributed by atoms with E-state index in [2.05, 4.69) is 20.7 Å². The van der Waals surface area contributed by atoms with Crippen LogP contribution in [0.2, 0.25) is 0 Å². The summed E-state index contributed by atoms with van der Waals surface area (Å²) in [5.41, 5.74) is 4.67. The van der Waals surface area contributed by atoms with Crippen molar-refractivity contribution in [3.05, 3.63) is 29.6 Å². The lowest BCUT2D eigenvalue weighted by atomic mass is 10.2. The molecule has 0 bridgehead atoms. The van der Waals surface area contributed by atoms with Gasteiger partial charge in [0.05, 0.1) is 6.54 Å². The van der Waals surface area contributed by atoms with Crippen LogP contribution in [0.15, 0.2) is 23.3 Å². The second kappa shape index (κ2) is 4.94. The first kappa shape index (κ1) is 10.9. The molecule has 1 aromatic rings. The summed E-state index contributed by atoms with van der Waals surface area (Å²) in [5.74, 6) is 6.03. The minimum absolute atomic E-state index is 0.547. The van der Waals surface area contributed by atoms with Gasteiger partial charge in [0.1, 0.15) is 0 Å². The van der Waals surface area contributed by atoms with E-state index in [1.807, 2.05) is 25.3 Å². The lowest BCUT2D eigenvalue weighted by Gasteiger charge is -2.07. The quantitative estimate of drug-likeness (QED) is 0.299. The molecule has 2 rings (SSSR count). The van der Waals surface area contributed by atoms with Gasteiger partial charge in [-0.3, -0.25) is 10.4 Å². The molecule has 16 heavy (non-hydrogen) atoms. The van der Waals surface area contributed by atoms with Crippen LogP contribution < -0.4 is 16.6 Å². The SMILES string of the molecule is Cc1ccc(CN=C(NN)NC2CC2)cn1. The molecule has 0 saturated heterocycles. The van der Waals surface area contributed by atoms with E-state index in [4.69, 9.17) is 5.84 Å². The number of pyridine rings is 1. The number of hydrazine groups is 1. The number of aryl methyl sites for hydroxylation is 1. The summed E-state index contributed by atoms with van der Waals surface area (Å²) in [5, 5.41) is 3.22. The first-order valence-corrected chi connectivity index (χ1v) is 5.47. The molecule has 1 aliphatic carbocycles. The minimum Gasteiger partial charge on any atom is -0.353 e. The molecule has 0 aromatic carbocycles. The molecule has 0 amide bonds. The second-order valence-corrected chi connectivity index (χ2v) is 4.04. The van der Waals surface area contributed by atoms with E-state index in [9.17, 15) is 0 Å². The Kier molecular flexibility index (Phi) is 3.36. The molecule has 0 aliphatic heterocycles. The highest BCUT2D eigenvalue weighted by atomic mass is 15.3. The van der Waals surface area contributed by atoms with Gasteiger partial charge in [0.15, 0.2) is 0 Å². The van der Waals surface area contributed by atoms with Crippen molar-refractivity contribution in [1.29, 1.82) is 0 Å². The third kappa shape index (κ3) is 3.20. The highest BCUT2D eigenvalue weighted by Crippen LogP contribution is 2.18. The van der Waals surface area contributed by atoms with Crippen molar-refractivity contribution in [2.45, 2.75) is 32.4 Å². The first-order chi connectivity index (χ1) is 7.78.